The van der Waals surface area contributed by atoms with Crippen molar-refractivity contribution in [3.8, 4) is 11.5 Å². The maximum Gasteiger partial charge on any atom is 0.416 e. The van der Waals surface area contributed by atoms with Gasteiger partial charge in [-0.1, -0.05) is 12.1 Å². The first-order chi connectivity index (χ1) is 17.3. The van der Waals surface area contributed by atoms with Crippen LogP contribution in [0.1, 0.15) is 22.3 Å². The molecule has 0 aliphatic carbocycles. The number of hydrogen-bond donors (Lipinski definition) is 1. The van der Waals surface area contributed by atoms with E-state index in [1.807, 2.05) is 19.0 Å². The molecule has 0 aromatic heterocycles. The second-order valence-corrected chi connectivity index (χ2v) is 9.16. The molecule has 1 heterocycles. The van der Waals surface area contributed by atoms with Crippen LogP contribution in [0.2, 0.25) is 0 Å². The molecule has 1 aliphatic heterocycles. The fourth-order valence-corrected chi connectivity index (χ4v) is 4.05. The molecule has 2 aromatic rings. The highest BCUT2D eigenvalue weighted by molar-refractivity contribution is 8.18. The number of ether oxygens (including phenoxy) is 2. The lowest BCUT2D eigenvalue weighted by Gasteiger charge is -2.17. The predicted molar refractivity (Wildman–Crippen MR) is 128 cm³/mol. The smallest absolute Gasteiger partial charge is 0.416 e. The molecule has 0 unspecified atom stereocenters. The number of carbonyl (C=O) groups excluding carboxylic acids is 1. The van der Waals surface area contributed by atoms with Gasteiger partial charge in [-0.15, -0.1) is 0 Å². The molecule has 0 radical (unpaired) electrons. The fraction of sp³-hybridized carbons (Fsp3) is 0.333. The molecule has 13 heteroatoms. The number of nitrogens with one attached hydrogen (secondary N) is 1. The Labute approximate surface area is 213 Å². The number of thioether (sulfide) groups is 1. The number of likely N-dealkylation sites (N-methyl/N-ethyl adjacent to an activating group) is 1. The van der Waals surface area contributed by atoms with Crippen molar-refractivity contribution in [2.24, 2.45) is 4.99 Å². The summed E-state index contributed by atoms with van der Waals surface area (Å²) in [4.78, 5) is 18.5. The second-order valence-electron chi connectivity index (χ2n) is 8.13. The predicted octanol–water partition coefficient (Wildman–Crippen LogP) is 5.43. The van der Waals surface area contributed by atoms with E-state index in [1.54, 1.807) is 12.1 Å². The average molecular weight is 548 g/mol. The molecular weight excluding hydrogens is 524 g/mol. The van der Waals surface area contributed by atoms with Crippen molar-refractivity contribution in [3.05, 3.63) is 63.6 Å². The molecule has 37 heavy (non-hydrogen) atoms. The molecular formula is C24H23F6N3O3S. The lowest BCUT2D eigenvalue weighted by molar-refractivity contribution is -0.143. The van der Waals surface area contributed by atoms with Gasteiger partial charge in [0.1, 0.15) is 6.61 Å². The van der Waals surface area contributed by atoms with E-state index in [-0.39, 0.29) is 17.6 Å². The largest absolute Gasteiger partial charge is 0.493 e. The minimum atomic E-state index is -5.01. The Morgan fingerprint density at radius 1 is 1.03 bits per heavy atom. The van der Waals surface area contributed by atoms with Gasteiger partial charge in [0.2, 0.25) is 0 Å². The van der Waals surface area contributed by atoms with Crippen molar-refractivity contribution >= 4 is 28.9 Å². The van der Waals surface area contributed by atoms with E-state index >= 15 is 0 Å². The highest BCUT2D eigenvalue weighted by Crippen LogP contribution is 2.38. The van der Waals surface area contributed by atoms with Crippen LogP contribution in [-0.2, 0) is 23.8 Å². The van der Waals surface area contributed by atoms with Gasteiger partial charge in [-0.25, -0.2) is 0 Å². The van der Waals surface area contributed by atoms with E-state index in [9.17, 15) is 31.1 Å². The minimum absolute atomic E-state index is 0.0627. The molecule has 0 saturated heterocycles. The molecule has 0 saturated carbocycles. The molecule has 6 nitrogen and oxygen atoms in total. The van der Waals surface area contributed by atoms with Gasteiger partial charge in [0.15, 0.2) is 16.7 Å². The Morgan fingerprint density at radius 3 is 2.38 bits per heavy atom. The normalized spacial score (nSPS) is 15.4. The first kappa shape index (κ1) is 28.4. The summed E-state index contributed by atoms with van der Waals surface area (Å²) in [7, 11) is 5.16. The van der Waals surface area contributed by atoms with Crippen molar-refractivity contribution in [2.75, 3.05) is 34.3 Å². The number of alkyl halides is 6. The zero-order chi connectivity index (χ0) is 27.4. The summed E-state index contributed by atoms with van der Waals surface area (Å²) >= 11 is 1.17. The van der Waals surface area contributed by atoms with Crippen LogP contribution in [0.4, 0.5) is 26.3 Å². The van der Waals surface area contributed by atoms with Crippen molar-refractivity contribution in [1.82, 2.24) is 10.2 Å². The summed E-state index contributed by atoms with van der Waals surface area (Å²) in [5.74, 6) is -0.181. The summed E-state index contributed by atoms with van der Waals surface area (Å²) in [6.07, 6.45) is -8.34. The topological polar surface area (TPSA) is 63.2 Å². The highest BCUT2D eigenvalue weighted by Gasteiger charge is 2.38. The number of halogens is 6. The first-order valence-corrected chi connectivity index (χ1v) is 11.6. The zero-order valence-corrected chi connectivity index (χ0v) is 20.8. The summed E-state index contributed by atoms with van der Waals surface area (Å²) in [6, 6.07) is 5.89. The van der Waals surface area contributed by atoms with E-state index in [1.165, 1.54) is 31.0 Å². The minimum Gasteiger partial charge on any atom is -0.493 e. The van der Waals surface area contributed by atoms with Crippen LogP contribution in [-0.4, -0.2) is 50.3 Å². The van der Waals surface area contributed by atoms with Crippen LogP contribution < -0.4 is 14.8 Å². The highest BCUT2D eigenvalue weighted by atomic mass is 32.2. The molecule has 1 amide bonds. The van der Waals surface area contributed by atoms with Crippen LogP contribution >= 0.6 is 11.8 Å². The van der Waals surface area contributed by atoms with E-state index in [2.05, 4.69) is 10.3 Å². The fourth-order valence-electron chi connectivity index (χ4n) is 3.21. The zero-order valence-electron chi connectivity index (χ0n) is 20.0. The third-order valence-electron chi connectivity index (χ3n) is 5.07. The van der Waals surface area contributed by atoms with Gasteiger partial charge >= 0.3 is 12.4 Å². The Kier molecular flexibility index (Phi) is 8.80. The van der Waals surface area contributed by atoms with Gasteiger partial charge in [0.25, 0.3) is 5.91 Å². The summed E-state index contributed by atoms with van der Waals surface area (Å²) < 4.78 is 89.6. The van der Waals surface area contributed by atoms with Crippen molar-refractivity contribution in [2.45, 2.75) is 19.0 Å². The lowest BCUT2D eigenvalue weighted by Crippen LogP contribution is -2.29. The van der Waals surface area contributed by atoms with Gasteiger partial charge in [-0.3, -0.25) is 4.79 Å². The number of nitrogens with zero attached hydrogens (tertiary/aromatic N) is 2. The number of amides is 1. The summed E-state index contributed by atoms with van der Waals surface area (Å²) in [5.41, 5.74) is -2.75. The van der Waals surface area contributed by atoms with Crippen LogP contribution in [0.5, 0.6) is 11.5 Å². The van der Waals surface area contributed by atoms with E-state index in [0.717, 1.165) is 12.6 Å². The Hall–Kier alpha value is -3.19. The molecule has 200 valence electrons. The SMILES string of the molecule is COc1cc(C=C2SC(NCCN(C)C)=NC2=O)ccc1OCc1ccc(C(F)(F)F)cc1C(F)(F)F. The second kappa shape index (κ2) is 11.5. The number of amidine groups is 1. The molecule has 0 fully saturated rings. The third kappa shape index (κ3) is 7.65. The third-order valence-corrected chi connectivity index (χ3v) is 6.01. The van der Waals surface area contributed by atoms with Gasteiger partial charge in [0, 0.05) is 18.7 Å². The van der Waals surface area contributed by atoms with Crippen molar-refractivity contribution in [3.63, 3.8) is 0 Å². The number of benzene rings is 2. The van der Waals surface area contributed by atoms with E-state index < -0.39 is 41.6 Å². The number of hydrogen-bond acceptors (Lipinski definition) is 6. The maximum absolute atomic E-state index is 13.4. The number of carbonyl (C=O) groups is 1. The van der Waals surface area contributed by atoms with E-state index in [4.69, 9.17) is 9.47 Å². The molecule has 0 bridgehead atoms. The van der Waals surface area contributed by atoms with E-state index in [0.29, 0.717) is 28.2 Å². The Morgan fingerprint density at radius 2 is 1.76 bits per heavy atom. The van der Waals surface area contributed by atoms with Crippen LogP contribution in [0.3, 0.4) is 0 Å². The standard InChI is InChI=1S/C24H23F6N3O3S/c1-33(2)9-8-31-22-32-21(34)20(37-22)11-14-4-7-18(19(10-14)35-3)36-13-15-5-6-16(23(25,26)27)12-17(15)24(28,29)30/h4-7,10-12H,8-9,13H2,1-3H3,(H,31,32,34). The monoisotopic (exact) mass is 547 g/mol. The maximum atomic E-state index is 13.4. The molecule has 1 aliphatic rings. The molecule has 3 rings (SSSR count). The quantitative estimate of drug-likeness (QED) is 0.351. The molecule has 2 aromatic carbocycles. The van der Waals surface area contributed by atoms with Gasteiger partial charge < -0.3 is 19.7 Å². The van der Waals surface area contributed by atoms with Crippen molar-refractivity contribution in [1.29, 1.82) is 0 Å². The van der Waals surface area contributed by atoms with Crippen LogP contribution in [0.15, 0.2) is 46.3 Å². The summed E-state index contributed by atoms with van der Waals surface area (Å²) in [5, 5.41) is 3.55. The number of methoxy groups -OCH3 is 1. The van der Waals surface area contributed by atoms with Gasteiger partial charge in [-0.05, 0) is 61.8 Å². The Balaban J connectivity index is 1.74. The Bertz CT molecular complexity index is 1210. The van der Waals surface area contributed by atoms with Gasteiger partial charge in [0.05, 0.1) is 23.1 Å². The first-order valence-electron chi connectivity index (χ1n) is 10.8. The summed E-state index contributed by atoms with van der Waals surface area (Å²) in [6.45, 7) is 0.713. The number of aliphatic imine (C=N–C) groups is 1. The van der Waals surface area contributed by atoms with Crippen molar-refractivity contribution < 1.29 is 40.6 Å². The van der Waals surface area contributed by atoms with Gasteiger partial charge in [-0.2, -0.15) is 31.3 Å². The lowest BCUT2D eigenvalue weighted by atomic mass is 10.0. The molecule has 0 spiro atoms. The number of rotatable bonds is 8. The average Bonchev–Trinajstić information content (AvgIpc) is 3.15. The molecule has 1 N–H and O–H groups in total. The van der Waals surface area contributed by atoms with Crippen LogP contribution in [0.25, 0.3) is 6.08 Å². The van der Waals surface area contributed by atoms with Crippen LogP contribution in [0, 0.1) is 0 Å². The molecule has 0 atom stereocenters.